The molecular weight excluding hydrogens is 176 g/mol. The standard InChI is InChI=1S/C8H14O3S/c1-2-12-6-5-7(9)3-4-8(10)11/h2-6H2,1H3,(H,10,11). The molecule has 0 saturated heterocycles. The van der Waals surface area contributed by atoms with Crippen LogP contribution in [0.2, 0.25) is 0 Å². The first-order valence-corrected chi connectivity index (χ1v) is 5.13. The molecule has 0 aromatic carbocycles. The lowest BCUT2D eigenvalue weighted by atomic mass is 10.2. The van der Waals surface area contributed by atoms with Gasteiger partial charge in [0, 0.05) is 18.6 Å². The van der Waals surface area contributed by atoms with Crippen molar-refractivity contribution >= 4 is 23.5 Å². The molecule has 3 nitrogen and oxygen atoms in total. The van der Waals surface area contributed by atoms with Crippen molar-refractivity contribution in [1.29, 1.82) is 0 Å². The highest BCUT2D eigenvalue weighted by Crippen LogP contribution is 2.03. The number of ketones is 1. The van der Waals surface area contributed by atoms with Crippen LogP contribution in [-0.2, 0) is 9.59 Å². The van der Waals surface area contributed by atoms with E-state index in [1.807, 2.05) is 6.92 Å². The highest BCUT2D eigenvalue weighted by molar-refractivity contribution is 7.99. The van der Waals surface area contributed by atoms with E-state index in [1.165, 1.54) is 0 Å². The number of rotatable bonds is 7. The van der Waals surface area contributed by atoms with E-state index in [0.29, 0.717) is 6.42 Å². The average Bonchev–Trinajstić information content (AvgIpc) is 2.01. The molecule has 0 amide bonds. The number of carboxylic acids is 1. The molecule has 70 valence electrons. The number of carbonyl (C=O) groups excluding carboxylic acids is 1. The molecule has 0 aliphatic heterocycles. The number of Topliss-reactive ketones (excluding diaryl/α,β-unsaturated/α-hetero) is 1. The summed E-state index contributed by atoms with van der Waals surface area (Å²) in [5.41, 5.74) is 0. The number of aliphatic carboxylic acids is 1. The largest absolute Gasteiger partial charge is 0.481 e. The van der Waals surface area contributed by atoms with Crippen molar-refractivity contribution in [3.05, 3.63) is 0 Å². The first-order valence-electron chi connectivity index (χ1n) is 3.98. The number of carboxylic acid groups (broad SMARTS) is 1. The third-order valence-corrected chi connectivity index (χ3v) is 2.25. The second kappa shape index (κ2) is 7.16. The van der Waals surface area contributed by atoms with Crippen LogP contribution in [0.1, 0.15) is 26.2 Å². The highest BCUT2D eigenvalue weighted by Gasteiger charge is 2.04. The molecule has 0 aliphatic rings. The van der Waals surface area contributed by atoms with Crippen LogP contribution >= 0.6 is 11.8 Å². The summed E-state index contributed by atoms with van der Waals surface area (Å²) >= 11 is 1.70. The summed E-state index contributed by atoms with van der Waals surface area (Å²) in [6.45, 7) is 2.03. The van der Waals surface area contributed by atoms with Crippen molar-refractivity contribution < 1.29 is 14.7 Å². The fraction of sp³-hybridized carbons (Fsp3) is 0.750. The zero-order valence-corrected chi connectivity index (χ0v) is 8.02. The second-order valence-corrected chi connectivity index (χ2v) is 3.77. The van der Waals surface area contributed by atoms with E-state index in [9.17, 15) is 9.59 Å². The lowest BCUT2D eigenvalue weighted by Gasteiger charge is -1.97. The summed E-state index contributed by atoms with van der Waals surface area (Å²) in [7, 11) is 0. The minimum Gasteiger partial charge on any atom is -0.481 e. The van der Waals surface area contributed by atoms with Crippen LogP contribution in [0.4, 0.5) is 0 Å². The monoisotopic (exact) mass is 190 g/mol. The van der Waals surface area contributed by atoms with Crippen molar-refractivity contribution in [3.8, 4) is 0 Å². The number of carbonyl (C=O) groups is 2. The van der Waals surface area contributed by atoms with Gasteiger partial charge in [0.25, 0.3) is 0 Å². The number of hydrogen-bond donors (Lipinski definition) is 1. The Kier molecular flexibility index (Phi) is 6.85. The molecule has 0 aromatic heterocycles. The van der Waals surface area contributed by atoms with Crippen LogP contribution in [-0.4, -0.2) is 28.4 Å². The number of thioether (sulfide) groups is 1. The van der Waals surface area contributed by atoms with Gasteiger partial charge in [-0.1, -0.05) is 6.92 Å². The lowest BCUT2D eigenvalue weighted by Crippen LogP contribution is -2.04. The van der Waals surface area contributed by atoms with Gasteiger partial charge in [-0.05, 0) is 5.75 Å². The maximum Gasteiger partial charge on any atom is 0.303 e. The zero-order valence-electron chi connectivity index (χ0n) is 7.21. The smallest absolute Gasteiger partial charge is 0.303 e. The predicted molar refractivity (Wildman–Crippen MR) is 49.5 cm³/mol. The molecule has 4 heteroatoms. The SMILES string of the molecule is CCSCCC(=O)CCC(=O)O. The Balaban J connectivity index is 3.28. The molecule has 1 N–H and O–H groups in total. The summed E-state index contributed by atoms with van der Waals surface area (Å²) in [5.74, 6) is 0.978. The maximum atomic E-state index is 10.9. The summed E-state index contributed by atoms with van der Waals surface area (Å²) in [5, 5.41) is 8.28. The Labute approximate surface area is 76.5 Å². The molecule has 0 aliphatic carbocycles. The van der Waals surface area contributed by atoms with Crippen LogP contribution in [0.5, 0.6) is 0 Å². The highest BCUT2D eigenvalue weighted by atomic mass is 32.2. The van der Waals surface area contributed by atoms with Crippen molar-refractivity contribution in [2.24, 2.45) is 0 Å². The normalized spacial score (nSPS) is 9.75. The van der Waals surface area contributed by atoms with Gasteiger partial charge < -0.3 is 5.11 Å². The second-order valence-electron chi connectivity index (χ2n) is 2.38. The van der Waals surface area contributed by atoms with E-state index < -0.39 is 5.97 Å². The van der Waals surface area contributed by atoms with E-state index in [0.717, 1.165) is 11.5 Å². The minimum absolute atomic E-state index is 0.0321. The van der Waals surface area contributed by atoms with E-state index in [2.05, 4.69) is 0 Å². The van der Waals surface area contributed by atoms with Gasteiger partial charge >= 0.3 is 5.97 Å². The van der Waals surface area contributed by atoms with E-state index >= 15 is 0 Å². The third-order valence-electron chi connectivity index (χ3n) is 1.35. The molecule has 0 aromatic rings. The van der Waals surface area contributed by atoms with Crippen molar-refractivity contribution in [3.63, 3.8) is 0 Å². The molecule has 0 fully saturated rings. The summed E-state index contributed by atoms with van der Waals surface area (Å²) in [6, 6.07) is 0. The van der Waals surface area contributed by atoms with Gasteiger partial charge in [0.15, 0.2) is 0 Å². The summed E-state index contributed by atoms with van der Waals surface area (Å²) in [6.07, 6.45) is 0.654. The van der Waals surface area contributed by atoms with Crippen LogP contribution in [0.25, 0.3) is 0 Å². The van der Waals surface area contributed by atoms with Gasteiger partial charge in [-0.3, -0.25) is 9.59 Å². The van der Waals surface area contributed by atoms with Gasteiger partial charge in [-0.2, -0.15) is 11.8 Å². The number of hydrogen-bond acceptors (Lipinski definition) is 3. The van der Waals surface area contributed by atoms with Gasteiger partial charge in [0.2, 0.25) is 0 Å². The fourth-order valence-corrected chi connectivity index (χ4v) is 1.36. The molecule has 0 radical (unpaired) electrons. The van der Waals surface area contributed by atoms with Crippen LogP contribution < -0.4 is 0 Å². The van der Waals surface area contributed by atoms with Gasteiger partial charge in [0.05, 0.1) is 6.42 Å². The molecule has 0 spiro atoms. The Morgan fingerprint density at radius 3 is 2.42 bits per heavy atom. The van der Waals surface area contributed by atoms with E-state index in [-0.39, 0.29) is 18.6 Å². The maximum absolute atomic E-state index is 10.9. The van der Waals surface area contributed by atoms with Crippen molar-refractivity contribution in [1.82, 2.24) is 0 Å². The van der Waals surface area contributed by atoms with Crippen LogP contribution in [0.3, 0.4) is 0 Å². The summed E-state index contributed by atoms with van der Waals surface area (Å²) < 4.78 is 0. The molecule has 0 unspecified atom stereocenters. The third kappa shape index (κ3) is 7.60. The molecule has 0 rings (SSSR count). The first kappa shape index (κ1) is 11.5. The summed E-state index contributed by atoms with van der Waals surface area (Å²) in [4.78, 5) is 21.0. The molecule has 0 saturated carbocycles. The molecule has 12 heavy (non-hydrogen) atoms. The first-order chi connectivity index (χ1) is 5.66. The van der Waals surface area contributed by atoms with Crippen LogP contribution in [0.15, 0.2) is 0 Å². The van der Waals surface area contributed by atoms with Gasteiger partial charge in [-0.25, -0.2) is 0 Å². The van der Waals surface area contributed by atoms with Crippen molar-refractivity contribution in [2.45, 2.75) is 26.2 Å². The molecule has 0 atom stereocenters. The Bertz CT molecular complexity index is 156. The predicted octanol–water partition coefficient (Wildman–Crippen LogP) is 1.56. The fourth-order valence-electron chi connectivity index (χ4n) is 0.702. The van der Waals surface area contributed by atoms with Crippen molar-refractivity contribution in [2.75, 3.05) is 11.5 Å². The molecular formula is C8H14O3S. The van der Waals surface area contributed by atoms with E-state index in [1.54, 1.807) is 11.8 Å². The zero-order chi connectivity index (χ0) is 9.40. The quantitative estimate of drug-likeness (QED) is 0.619. The Morgan fingerprint density at radius 2 is 1.92 bits per heavy atom. The van der Waals surface area contributed by atoms with Gasteiger partial charge in [-0.15, -0.1) is 0 Å². The van der Waals surface area contributed by atoms with E-state index in [4.69, 9.17) is 5.11 Å². The van der Waals surface area contributed by atoms with Gasteiger partial charge in [0.1, 0.15) is 5.78 Å². The molecule has 0 bridgehead atoms. The average molecular weight is 190 g/mol. The minimum atomic E-state index is -0.897. The molecule has 0 heterocycles. The lowest BCUT2D eigenvalue weighted by molar-refractivity contribution is -0.138. The topological polar surface area (TPSA) is 54.4 Å². The Morgan fingerprint density at radius 1 is 1.25 bits per heavy atom. The Hall–Kier alpha value is -0.510. The van der Waals surface area contributed by atoms with Crippen LogP contribution in [0, 0.1) is 0 Å².